The third kappa shape index (κ3) is 5.22. The van der Waals surface area contributed by atoms with Gasteiger partial charge < -0.3 is 5.32 Å². The number of benzene rings is 3. The number of halogens is 1. The van der Waals surface area contributed by atoms with E-state index >= 15 is 0 Å². The number of fused-ring (bicyclic) bond motifs is 1. The maximum absolute atomic E-state index is 13.7. The van der Waals surface area contributed by atoms with Crippen molar-refractivity contribution in [3.8, 4) is 16.9 Å². The van der Waals surface area contributed by atoms with Crippen LogP contribution in [0.15, 0.2) is 78.9 Å². The second-order valence-electron chi connectivity index (χ2n) is 9.62. The molecule has 1 aliphatic heterocycles. The fourth-order valence-electron chi connectivity index (χ4n) is 4.73. The van der Waals surface area contributed by atoms with E-state index in [0.29, 0.717) is 16.5 Å². The molecule has 3 aromatic carbocycles. The van der Waals surface area contributed by atoms with E-state index in [1.807, 2.05) is 68.4 Å². The van der Waals surface area contributed by atoms with Crippen LogP contribution in [0.2, 0.25) is 5.02 Å². The Bertz CT molecular complexity index is 1480. The molecule has 0 unspecified atom stereocenters. The van der Waals surface area contributed by atoms with Gasteiger partial charge in [0.25, 0.3) is 0 Å². The van der Waals surface area contributed by atoms with Gasteiger partial charge in [-0.1, -0.05) is 83.9 Å². The molecule has 0 saturated carbocycles. The number of aryl methyl sites for hydroxylation is 1. The highest BCUT2D eigenvalue weighted by molar-refractivity contribution is 8.00. The number of anilines is 1. The summed E-state index contributed by atoms with van der Waals surface area (Å²) in [7, 11) is 0. The minimum atomic E-state index is -0.230. The Morgan fingerprint density at radius 1 is 1.08 bits per heavy atom. The molecule has 2 heterocycles. The average molecular weight is 545 g/mol. The van der Waals surface area contributed by atoms with E-state index in [1.165, 1.54) is 0 Å². The topological polar surface area (TPSA) is 67.2 Å². The van der Waals surface area contributed by atoms with Crippen LogP contribution in [0, 0.1) is 6.92 Å². The van der Waals surface area contributed by atoms with Crippen LogP contribution in [0.1, 0.15) is 35.8 Å². The van der Waals surface area contributed by atoms with E-state index in [0.717, 1.165) is 27.9 Å². The van der Waals surface area contributed by atoms with Gasteiger partial charge in [0.2, 0.25) is 11.8 Å². The van der Waals surface area contributed by atoms with Crippen molar-refractivity contribution in [3.05, 3.63) is 101 Å². The van der Waals surface area contributed by atoms with Gasteiger partial charge >= 0.3 is 0 Å². The Balaban J connectivity index is 1.82. The molecule has 1 aliphatic rings. The lowest BCUT2D eigenvalue weighted by molar-refractivity contribution is -0.123. The molecule has 1 aromatic heterocycles. The lowest BCUT2D eigenvalue weighted by atomic mass is 9.98. The van der Waals surface area contributed by atoms with E-state index in [1.54, 1.807) is 27.4 Å². The van der Waals surface area contributed by atoms with Crippen molar-refractivity contribution >= 4 is 41.0 Å². The monoisotopic (exact) mass is 544 g/mol. The third-order valence-corrected chi connectivity index (χ3v) is 7.89. The van der Waals surface area contributed by atoms with Crippen molar-refractivity contribution in [2.45, 2.75) is 32.1 Å². The molecule has 1 N–H and O–H groups in total. The van der Waals surface area contributed by atoms with Crippen molar-refractivity contribution in [1.29, 1.82) is 0 Å². The fraction of sp³-hybridized carbons (Fsp3) is 0.233. The molecule has 5 rings (SSSR count). The zero-order valence-corrected chi connectivity index (χ0v) is 23.1. The summed E-state index contributed by atoms with van der Waals surface area (Å²) < 4.78 is 1.73. The summed E-state index contributed by atoms with van der Waals surface area (Å²) in [6.07, 6.45) is 0. The molecule has 8 heteroatoms. The standard InChI is InChI=1S/C30H29ClN4O2S/c1-19(2)32-25(36)17-34-26(37)18-38-29(22-13-9-10-20(3)16-22)27-28(21-11-5-4-6-12-21)33-35(30(27)34)24-15-8-7-14-23(24)31/h4-16,19,29H,17-18H2,1-3H3,(H,32,36)/t29-/m1/s1. The van der Waals surface area contributed by atoms with Gasteiger partial charge in [-0.15, -0.1) is 11.8 Å². The second kappa shape index (κ2) is 11.1. The Morgan fingerprint density at radius 3 is 2.53 bits per heavy atom. The zero-order valence-electron chi connectivity index (χ0n) is 21.5. The molecule has 38 heavy (non-hydrogen) atoms. The summed E-state index contributed by atoms with van der Waals surface area (Å²) in [5, 5.41) is 8.32. The molecular weight excluding hydrogens is 516 g/mol. The number of thioether (sulfide) groups is 1. The smallest absolute Gasteiger partial charge is 0.240 e. The van der Waals surface area contributed by atoms with Crippen molar-refractivity contribution < 1.29 is 9.59 Å². The van der Waals surface area contributed by atoms with E-state index in [2.05, 4.69) is 30.4 Å². The molecule has 0 aliphatic carbocycles. The zero-order chi connectivity index (χ0) is 26.8. The van der Waals surface area contributed by atoms with E-state index in [9.17, 15) is 9.59 Å². The molecule has 0 spiro atoms. The van der Waals surface area contributed by atoms with Crippen LogP contribution >= 0.6 is 23.4 Å². The van der Waals surface area contributed by atoms with Crippen LogP contribution in [0.3, 0.4) is 0 Å². The Labute approximate surface area is 232 Å². The average Bonchev–Trinajstić information content (AvgIpc) is 3.21. The van der Waals surface area contributed by atoms with Crippen molar-refractivity contribution in [3.63, 3.8) is 0 Å². The number of hydrogen-bond donors (Lipinski definition) is 1. The molecule has 0 bridgehead atoms. The lowest BCUT2D eigenvalue weighted by Crippen LogP contribution is -2.44. The van der Waals surface area contributed by atoms with Crippen molar-refractivity contribution in [2.24, 2.45) is 0 Å². The van der Waals surface area contributed by atoms with Gasteiger partial charge in [-0.25, -0.2) is 4.68 Å². The summed E-state index contributed by atoms with van der Waals surface area (Å²) in [5.74, 6) is 0.404. The lowest BCUT2D eigenvalue weighted by Gasteiger charge is -2.24. The van der Waals surface area contributed by atoms with Gasteiger partial charge in [0.15, 0.2) is 0 Å². The SMILES string of the molecule is Cc1cccc([C@H]2SCC(=O)N(CC(=O)NC(C)C)c3c2c(-c2ccccc2)nn3-c2ccccc2Cl)c1. The summed E-state index contributed by atoms with van der Waals surface area (Å²) in [5.41, 5.74) is 5.42. The maximum Gasteiger partial charge on any atom is 0.240 e. The molecule has 4 aromatic rings. The molecule has 1 atom stereocenters. The van der Waals surface area contributed by atoms with Crippen LogP contribution in [-0.4, -0.2) is 39.9 Å². The minimum Gasteiger partial charge on any atom is -0.352 e. The van der Waals surface area contributed by atoms with Gasteiger partial charge in [-0.05, 0) is 38.5 Å². The highest BCUT2D eigenvalue weighted by Gasteiger charge is 2.38. The Kier molecular flexibility index (Phi) is 7.58. The third-order valence-electron chi connectivity index (χ3n) is 6.31. The van der Waals surface area contributed by atoms with Gasteiger partial charge in [0.05, 0.1) is 27.4 Å². The first-order chi connectivity index (χ1) is 18.3. The van der Waals surface area contributed by atoms with E-state index in [-0.39, 0.29) is 35.4 Å². The molecule has 194 valence electrons. The Hall–Kier alpha value is -3.55. The van der Waals surface area contributed by atoms with Gasteiger partial charge in [0.1, 0.15) is 12.4 Å². The number of nitrogens with zero attached hydrogens (tertiary/aromatic N) is 3. The van der Waals surface area contributed by atoms with Crippen molar-refractivity contribution in [1.82, 2.24) is 15.1 Å². The number of amides is 2. The second-order valence-corrected chi connectivity index (χ2v) is 11.1. The first kappa shape index (κ1) is 26.1. The number of nitrogens with one attached hydrogen (secondary N) is 1. The maximum atomic E-state index is 13.7. The summed E-state index contributed by atoms with van der Waals surface area (Å²) >= 11 is 8.24. The molecule has 0 fully saturated rings. The molecule has 6 nitrogen and oxygen atoms in total. The van der Waals surface area contributed by atoms with Gasteiger partial charge in [0, 0.05) is 17.2 Å². The predicted octanol–water partition coefficient (Wildman–Crippen LogP) is 6.19. The highest BCUT2D eigenvalue weighted by atomic mass is 35.5. The van der Waals surface area contributed by atoms with Crippen LogP contribution in [0.4, 0.5) is 5.82 Å². The number of para-hydroxylation sites is 1. The summed E-state index contributed by atoms with van der Waals surface area (Å²) in [4.78, 5) is 28.3. The van der Waals surface area contributed by atoms with Crippen LogP contribution < -0.4 is 10.2 Å². The fourth-order valence-corrected chi connectivity index (χ4v) is 6.13. The first-order valence-electron chi connectivity index (χ1n) is 12.5. The molecule has 0 saturated heterocycles. The molecular formula is C30H29ClN4O2S. The molecule has 2 amide bonds. The molecule has 0 radical (unpaired) electrons. The first-order valence-corrected chi connectivity index (χ1v) is 14.0. The summed E-state index contributed by atoms with van der Waals surface area (Å²) in [6, 6.07) is 25.6. The largest absolute Gasteiger partial charge is 0.352 e. The van der Waals surface area contributed by atoms with Crippen LogP contribution in [0.5, 0.6) is 0 Å². The van der Waals surface area contributed by atoms with Gasteiger partial charge in [-0.3, -0.25) is 14.5 Å². The quantitative estimate of drug-likeness (QED) is 0.314. The number of carbonyl (C=O) groups excluding carboxylic acids is 2. The van der Waals surface area contributed by atoms with E-state index in [4.69, 9.17) is 16.7 Å². The highest BCUT2D eigenvalue weighted by Crippen LogP contribution is 2.49. The number of rotatable bonds is 6. The van der Waals surface area contributed by atoms with Crippen molar-refractivity contribution in [2.75, 3.05) is 17.2 Å². The van der Waals surface area contributed by atoms with Crippen LogP contribution in [-0.2, 0) is 9.59 Å². The normalized spacial score (nSPS) is 15.3. The Morgan fingerprint density at radius 2 is 1.82 bits per heavy atom. The van der Waals surface area contributed by atoms with Gasteiger partial charge in [-0.2, -0.15) is 5.10 Å². The number of hydrogen-bond acceptors (Lipinski definition) is 4. The summed E-state index contributed by atoms with van der Waals surface area (Å²) in [6.45, 7) is 5.75. The minimum absolute atomic E-state index is 0.0492. The number of aromatic nitrogens is 2. The number of carbonyl (C=O) groups is 2. The van der Waals surface area contributed by atoms with E-state index < -0.39 is 0 Å². The van der Waals surface area contributed by atoms with Crippen LogP contribution in [0.25, 0.3) is 16.9 Å². The predicted molar refractivity (Wildman–Crippen MR) is 155 cm³/mol.